The fraction of sp³-hybridized carbons (Fsp3) is 0.867. The van der Waals surface area contributed by atoms with Crippen LogP contribution in [0.1, 0.15) is 51.9 Å². The Morgan fingerprint density at radius 2 is 2.00 bits per heavy atom. The smallest absolute Gasteiger partial charge is 0.320 e. The summed E-state index contributed by atoms with van der Waals surface area (Å²) in [5.74, 6) is -1.08. The SMILES string of the molecule is CCC1CCCCN1C(=O)N1C2CCC1C(C(=O)O)C2. The number of nitrogens with zero attached hydrogens (tertiary/aromatic N) is 2. The van der Waals surface area contributed by atoms with Gasteiger partial charge in [0.05, 0.1) is 5.92 Å². The normalized spacial score (nSPS) is 36.5. The van der Waals surface area contributed by atoms with Gasteiger partial charge in [0, 0.05) is 24.7 Å². The lowest BCUT2D eigenvalue weighted by molar-refractivity contribution is -0.142. The molecule has 3 aliphatic rings. The van der Waals surface area contributed by atoms with Crippen LogP contribution in [0.15, 0.2) is 0 Å². The first kappa shape index (κ1) is 13.7. The van der Waals surface area contributed by atoms with Crippen LogP contribution >= 0.6 is 0 Å². The molecule has 3 aliphatic heterocycles. The molecule has 5 heteroatoms. The van der Waals surface area contributed by atoms with E-state index in [4.69, 9.17) is 0 Å². The number of hydrogen-bond acceptors (Lipinski definition) is 2. The highest BCUT2D eigenvalue weighted by molar-refractivity contribution is 5.79. The number of carbonyl (C=O) groups is 2. The molecule has 0 aliphatic carbocycles. The van der Waals surface area contributed by atoms with E-state index in [-0.39, 0.29) is 24.0 Å². The highest BCUT2D eigenvalue weighted by Crippen LogP contribution is 2.43. The highest BCUT2D eigenvalue weighted by Gasteiger charge is 2.52. The van der Waals surface area contributed by atoms with E-state index in [0.29, 0.717) is 12.5 Å². The third-order valence-electron chi connectivity index (χ3n) is 5.42. The van der Waals surface area contributed by atoms with Crippen molar-refractivity contribution in [3.63, 3.8) is 0 Å². The molecular weight excluding hydrogens is 256 g/mol. The van der Waals surface area contributed by atoms with Gasteiger partial charge < -0.3 is 14.9 Å². The number of carboxylic acid groups (broad SMARTS) is 1. The molecule has 3 saturated heterocycles. The first-order chi connectivity index (χ1) is 9.63. The van der Waals surface area contributed by atoms with Gasteiger partial charge in [0.2, 0.25) is 0 Å². The Labute approximate surface area is 119 Å². The number of rotatable bonds is 2. The third-order valence-corrected chi connectivity index (χ3v) is 5.42. The number of carbonyl (C=O) groups excluding carboxylic acids is 1. The maximum atomic E-state index is 12.9. The Bertz CT molecular complexity index is 412. The average Bonchev–Trinajstić information content (AvgIpc) is 3.04. The van der Waals surface area contributed by atoms with E-state index in [0.717, 1.165) is 38.6 Å². The summed E-state index contributed by atoms with van der Waals surface area (Å²) in [6.07, 6.45) is 6.85. The van der Waals surface area contributed by atoms with E-state index in [1.54, 1.807) is 0 Å². The molecule has 4 unspecified atom stereocenters. The summed E-state index contributed by atoms with van der Waals surface area (Å²) in [7, 11) is 0. The Balaban J connectivity index is 1.76. The van der Waals surface area contributed by atoms with Crippen molar-refractivity contribution >= 4 is 12.0 Å². The number of aliphatic carboxylic acids is 1. The van der Waals surface area contributed by atoms with Crippen LogP contribution in [0, 0.1) is 5.92 Å². The van der Waals surface area contributed by atoms with E-state index in [1.165, 1.54) is 6.42 Å². The third kappa shape index (κ3) is 2.07. The number of piperidine rings is 1. The number of amides is 2. The van der Waals surface area contributed by atoms with Gasteiger partial charge in [-0.1, -0.05) is 6.92 Å². The maximum Gasteiger partial charge on any atom is 0.320 e. The summed E-state index contributed by atoms with van der Waals surface area (Å²) in [6.45, 7) is 2.97. The zero-order valence-electron chi connectivity index (χ0n) is 12.1. The molecule has 3 rings (SSSR count). The minimum Gasteiger partial charge on any atom is -0.481 e. The summed E-state index contributed by atoms with van der Waals surface area (Å²) >= 11 is 0. The van der Waals surface area contributed by atoms with Crippen LogP contribution in [0.2, 0.25) is 0 Å². The molecule has 4 atom stereocenters. The van der Waals surface area contributed by atoms with Crippen molar-refractivity contribution in [2.75, 3.05) is 6.54 Å². The van der Waals surface area contributed by atoms with Gasteiger partial charge in [-0.3, -0.25) is 4.79 Å². The average molecular weight is 280 g/mol. The lowest BCUT2D eigenvalue weighted by atomic mass is 9.89. The van der Waals surface area contributed by atoms with Gasteiger partial charge >= 0.3 is 12.0 Å². The van der Waals surface area contributed by atoms with Crippen molar-refractivity contribution in [1.82, 2.24) is 9.80 Å². The number of likely N-dealkylation sites (tertiary alicyclic amines) is 1. The lowest BCUT2D eigenvalue weighted by Gasteiger charge is -2.39. The fourth-order valence-electron chi connectivity index (χ4n) is 4.38. The summed E-state index contributed by atoms with van der Waals surface area (Å²) in [5.41, 5.74) is 0. The Morgan fingerprint density at radius 3 is 2.65 bits per heavy atom. The molecule has 1 N–H and O–H groups in total. The van der Waals surface area contributed by atoms with Gasteiger partial charge in [-0.25, -0.2) is 4.79 Å². The van der Waals surface area contributed by atoms with Gasteiger partial charge in [0.15, 0.2) is 0 Å². The van der Waals surface area contributed by atoms with Crippen molar-refractivity contribution < 1.29 is 14.7 Å². The molecular formula is C15H24N2O3. The van der Waals surface area contributed by atoms with Crippen molar-refractivity contribution in [2.24, 2.45) is 5.92 Å². The van der Waals surface area contributed by atoms with Gasteiger partial charge in [-0.2, -0.15) is 0 Å². The molecule has 0 aromatic heterocycles. The van der Waals surface area contributed by atoms with Crippen LogP contribution in [-0.4, -0.2) is 51.6 Å². The largest absolute Gasteiger partial charge is 0.481 e. The summed E-state index contributed by atoms with van der Waals surface area (Å²) in [4.78, 5) is 28.1. The molecule has 112 valence electrons. The van der Waals surface area contributed by atoms with E-state index in [1.807, 2.05) is 9.80 Å². The zero-order chi connectivity index (χ0) is 14.3. The fourth-order valence-corrected chi connectivity index (χ4v) is 4.38. The standard InChI is InChI=1S/C15H24N2O3/c1-2-10-5-3-4-8-16(10)15(20)17-11-6-7-13(17)12(9-11)14(18)19/h10-13H,2-9H2,1H3,(H,18,19). The van der Waals surface area contributed by atoms with Crippen LogP contribution in [-0.2, 0) is 4.79 Å². The second kappa shape index (κ2) is 5.26. The lowest BCUT2D eigenvalue weighted by Crippen LogP contribution is -2.52. The van der Waals surface area contributed by atoms with Crippen molar-refractivity contribution in [2.45, 2.75) is 70.0 Å². The van der Waals surface area contributed by atoms with E-state index < -0.39 is 5.97 Å². The monoisotopic (exact) mass is 280 g/mol. The maximum absolute atomic E-state index is 12.9. The quantitative estimate of drug-likeness (QED) is 0.844. The molecule has 0 aromatic carbocycles. The molecule has 2 bridgehead atoms. The Morgan fingerprint density at radius 1 is 1.20 bits per heavy atom. The minimum atomic E-state index is -0.735. The summed E-state index contributed by atoms with van der Waals surface area (Å²) in [5, 5.41) is 9.29. The Hall–Kier alpha value is -1.26. The summed E-state index contributed by atoms with van der Waals surface area (Å²) in [6, 6.07) is 0.546. The molecule has 20 heavy (non-hydrogen) atoms. The van der Waals surface area contributed by atoms with E-state index >= 15 is 0 Å². The van der Waals surface area contributed by atoms with Crippen LogP contribution in [0.4, 0.5) is 4.79 Å². The topological polar surface area (TPSA) is 60.9 Å². The van der Waals surface area contributed by atoms with E-state index in [2.05, 4.69) is 6.92 Å². The van der Waals surface area contributed by atoms with E-state index in [9.17, 15) is 14.7 Å². The first-order valence-electron chi connectivity index (χ1n) is 7.95. The van der Waals surface area contributed by atoms with Gasteiger partial charge in [-0.15, -0.1) is 0 Å². The van der Waals surface area contributed by atoms with Gasteiger partial charge in [0.25, 0.3) is 0 Å². The van der Waals surface area contributed by atoms with Crippen LogP contribution in [0.5, 0.6) is 0 Å². The predicted octanol–water partition coefficient (Wildman–Crippen LogP) is 2.31. The van der Waals surface area contributed by atoms with Crippen LogP contribution < -0.4 is 0 Å². The summed E-state index contributed by atoms with van der Waals surface area (Å²) < 4.78 is 0. The highest BCUT2D eigenvalue weighted by atomic mass is 16.4. The van der Waals surface area contributed by atoms with Crippen molar-refractivity contribution in [3.8, 4) is 0 Å². The van der Waals surface area contributed by atoms with Gasteiger partial charge in [-0.05, 0) is 44.9 Å². The Kier molecular flexibility index (Phi) is 3.61. The molecule has 0 radical (unpaired) electrons. The minimum absolute atomic E-state index is 0.0653. The van der Waals surface area contributed by atoms with Crippen molar-refractivity contribution in [1.29, 1.82) is 0 Å². The van der Waals surface area contributed by atoms with Gasteiger partial charge in [0.1, 0.15) is 0 Å². The number of hydrogen-bond donors (Lipinski definition) is 1. The molecule has 3 heterocycles. The van der Waals surface area contributed by atoms with Crippen molar-refractivity contribution in [3.05, 3.63) is 0 Å². The molecule has 0 saturated carbocycles. The zero-order valence-corrected chi connectivity index (χ0v) is 12.1. The molecule has 5 nitrogen and oxygen atoms in total. The van der Waals surface area contributed by atoms with Crippen LogP contribution in [0.3, 0.4) is 0 Å². The second-order valence-electron chi connectivity index (χ2n) is 6.42. The molecule has 2 amide bonds. The molecule has 0 aromatic rings. The number of fused-ring (bicyclic) bond motifs is 2. The first-order valence-corrected chi connectivity index (χ1v) is 7.95. The molecule has 0 spiro atoms. The van der Waals surface area contributed by atoms with Crippen LogP contribution in [0.25, 0.3) is 0 Å². The second-order valence-corrected chi connectivity index (χ2v) is 6.42. The molecule has 3 fully saturated rings. The predicted molar refractivity (Wildman–Crippen MR) is 74.4 cm³/mol. The number of urea groups is 1. The number of carboxylic acids is 1.